The Kier molecular flexibility index (Phi) is 5.74. The molecule has 0 aromatic carbocycles. The van der Waals surface area contributed by atoms with E-state index in [0.717, 1.165) is 31.0 Å². The zero-order valence-electron chi connectivity index (χ0n) is 11.7. The Morgan fingerprint density at radius 1 is 1.29 bits per heavy atom. The Labute approximate surface area is 140 Å². The number of nitrogens with zero attached hydrogens (tertiary/aromatic N) is 5. The molecule has 2 N–H and O–H groups in total. The van der Waals surface area contributed by atoms with Gasteiger partial charge in [0.15, 0.2) is 11.6 Å². The van der Waals surface area contributed by atoms with Crippen LogP contribution in [0.2, 0.25) is 0 Å². The predicted molar refractivity (Wildman–Crippen MR) is 91.0 cm³/mol. The van der Waals surface area contributed by atoms with Gasteiger partial charge in [-0.2, -0.15) is 0 Å². The number of aromatic nitrogens is 3. The summed E-state index contributed by atoms with van der Waals surface area (Å²) in [5.41, 5.74) is 6.83. The van der Waals surface area contributed by atoms with Gasteiger partial charge in [0.05, 0.1) is 13.2 Å². The van der Waals surface area contributed by atoms with Crippen LogP contribution >= 0.6 is 24.0 Å². The third-order valence-corrected chi connectivity index (χ3v) is 3.33. The molecule has 2 aromatic rings. The minimum Gasteiger partial charge on any atom is -0.378 e. The molecule has 0 saturated carbocycles. The maximum atomic E-state index is 5.98. The summed E-state index contributed by atoms with van der Waals surface area (Å²) in [6.45, 7) is 3.65. The quantitative estimate of drug-likeness (QED) is 0.461. The summed E-state index contributed by atoms with van der Waals surface area (Å²) in [4.78, 5) is 6.46. The highest BCUT2D eigenvalue weighted by atomic mass is 127. The van der Waals surface area contributed by atoms with Crippen molar-refractivity contribution in [3.63, 3.8) is 0 Å². The topological polar surface area (TPSA) is 81.0 Å². The molecule has 0 spiro atoms. The SMILES string of the molecule is I.NC(=NCCc1nnc2ccccn12)N1CCOCC1. The average Bonchev–Trinajstić information content (AvgIpc) is 2.92. The molecule has 1 aliphatic heterocycles. The lowest BCUT2D eigenvalue weighted by Gasteiger charge is -2.27. The van der Waals surface area contributed by atoms with Crippen molar-refractivity contribution in [1.29, 1.82) is 0 Å². The fourth-order valence-electron chi connectivity index (χ4n) is 2.22. The fourth-order valence-corrected chi connectivity index (χ4v) is 2.22. The second-order valence-electron chi connectivity index (χ2n) is 4.63. The average molecular weight is 402 g/mol. The lowest BCUT2D eigenvalue weighted by Crippen LogP contribution is -2.44. The smallest absolute Gasteiger partial charge is 0.191 e. The highest BCUT2D eigenvalue weighted by Crippen LogP contribution is 2.03. The van der Waals surface area contributed by atoms with Crippen molar-refractivity contribution in [3.8, 4) is 0 Å². The van der Waals surface area contributed by atoms with E-state index < -0.39 is 0 Å². The van der Waals surface area contributed by atoms with E-state index in [1.165, 1.54) is 0 Å². The van der Waals surface area contributed by atoms with Gasteiger partial charge in [-0.05, 0) is 12.1 Å². The van der Waals surface area contributed by atoms with Gasteiger partial charge < -0.3 is 15.4 Å². The van der Waals surface area contributed by atoms with Gasteiger partial charge in [0.1, 0.15) is 5.82 Å². The molecule has 1 saturated heterocycles. The van der Waals surface area contributed by atoms with Gasteiger partial charge in [0, 0.05) is 32.3 Å². The molecule has 1 fully saturated rings. The van der Waals surface area contributed by atoms with Crippen molar-refractivity contribution in [2.75, 3.05) is 32.8 Å². The molecule has 114 valence electrons. The minimum absolute atomic E-state index is 0. The molecule has 0 bridgehead atoms. The Hall–Kier alpha value is -1.42. The second-order valence-corrected chi connectivity index (χ2v) is 4.63. The van der Waals surface area contributed by atoms with Crippen LogP contribution in [0.3, 0.4) is 0 Å². The van der Waals surface area contributed by atoms with E-state index in [1.54, 1.807) is 0 Å². The van der Waals surface area contributed by atoms with Crippen molar-refractivity contribution in [3.05, 3.63) is 30.2 Å². The number of aliphatic imine (C=N–C) groups is 1. The van der Waals surface area contributed by atoms with Crippen LogP contribution in [0.15, 0.2) is 29.4 Å². The summed E-state index contributed by atoms with van der Waals surface area (Å²) in [5, 5.41) is 8.29. The first-order chi connectivity index (χ1) is 9.84. The van der Waals surface area contributed by atoms with Gasteiger partial charge in [-0.15, -0.1) is 34.2 Å². The van der Waals surface area contributed by atoms with E-state index in [0.29, 0.717) is 25.7 Å². The summed E-state index contributed by atoms with van der Waals surface area (Å²) in [7, 11) is 0. The van der Waals surface area contributed by atoms with Gasteiger partial charge in [0.2, 0.25) is 0 Å². The van der Waals surface area contributed by atoms with Crippen LogP contribution in [0.25, 0.3) is 5.65 Å². The molecule has 2 aromatic heterocycles. The van der Waals surface area contributed by atoms with Crippen LogP contribution in [0, 0.1) is 0 Å². The minimum atomic E-state index is 0. The number of hydrogen-bond donors (Lipinski definition) is 1. The largest absolute Gasteiger partial charge is 0.378 e. The first-order valence-corrected chi connectivity index (χ1v) is 6.76. The Morgan fingerprint density at radius 3 is 2.90 bits per heavy atom. The molecule has 3 heterocycles. The Bertz CT molecular complexity index is 607. The summed E-state index contributed by atoms with van der Waals surface area (Å²) in [5.74, 6) is 1.49. The number of halogens is 1. The van der Waals surface area contributed by atoms with E-state index in [9.17, 15) is 0 Å². The highest BCUT2D eigenvalue weighted by Gasteiger charge is 2.12. The monoisotopic (exact) mass is 402 g/mol. The predicted octanol–water partition coefficient (Wildman–Crippen LogP) is 0.537. The standard InChI is InChI=1S/C13H18N6O.HI/c14-13(18-7-9-20-10-8-18)15-5-4-12-17-16-11-3-1-2-6-19(11)12;/h1-3,6H,4-5,7-10H2,(H2,14,15);1H. The Morgan fingerprint density at radius 2 is 2.10 bits per heavy atom. The Balaban J connectivity index is 0.00000161. The summed E-state index contributed by atoms with van der Waals surface area (Å²) >= 11 is 0. The molecule has 0 amide bonds. The number of pyridine rings is 1. The van der Waals surface area contributed by atoms with Gasteiger partial charge in [-0.1, -0.05) is 6.07 Å². The number of rotatable bonds is 3. The van der Waals surface area contributed by atoms with Crippen molar-refractivity contribution in [1.82, 2.24) is 19.5 Å². The van der Waals surface area contributed by atoms with Crippen molar-refractivity contribution < 1.29 is 4.74 Å². The highest BCUT2D eigenvalue weighted by molar-refractivity contribution is 14.0. The van der Waals surface area contributed by atoms with Crippen LogP contribution in [-0.2, 0) is 11.2 Å². The zero-order chi connectivity index (χ0) is 13.8. The summed E-state index contributed by atoms with van der Waals surface area (Å²) in [6, 6.07) is 5.84. The fraction of sp³-hybridized carbons (Fsp3) is 0.462. The lowest BCUT2D eigenvalue weighted by atomic mass is 10.4. The number of ether oxygens (including phenoxy) is 1. The van der Waals surface area contributed by atoms with E-state index >= 15 is 0 Å². The van der Waals surface area contributed by atoms with Gasteiger partial charge in [-0.25, -0.2) is 0 Å². The number of hydrogen-bond acceptors (Lipinski definition) is 4. The van der Waals surface area contributed by atoms with Crippen LogP contribution in [0.5, 0.6) is 0 Å². The maximum Gasteiger partial charge on any atom is 0.191 e. The van der Waals surface area contributed by atoms with Crippen LogP contribution < -0.4 is 5.73 Å². The van der Waals surface area contributed by atoms with Gasteiger partial charge in [-0.3, -0.25) is 9.39 Å². The summed E-state index contributed by atoms with van der Waals surface area (Å²) < 4.78 is 7.26. The first kappa shape index (κ1) is 16.0. The molecule has 3 rings (SSSR count). The molecular formula is C13H19IN6O. The molecule has 0 radical (unpaired) electrons. The van der Waals surface area contributed by atoms with Gasteiger partial charge >= 0.3 is 0 Å². The molecule has 7 nitrogen and oxygen atoms in total. The van der Waals surface area contributed by atoms with Crippen molar-refractivity contribution in [2.24, 2.45) is 10.7 Å². The van der Waals surface area contributed by atoms with Crippen LogP contribution in [0.4, 0.5) is 0 Å². The summed E-state index contributed by atoms with van der Waals surface area (Å²) in [6.07, 6.45) is 2.68. The molecule has 0 atom stereocenters. The second kappa shape index (κ2) is 7.55. The maximum absolute atomic E-state index is 5.98. The molecular weight excluding hydrogens is 383 g/mol. The normalized spacial score (nSPS) is 16.0. The number of fused-ring (bicyclic) bond motifs is 1. The van der Waals surface area contributed by atoms with E-state index in [2.05, 4.69) is 15.2 Å². The first-order valence-electron chi connectivity index (χ1n) is 6.76. The van der Waals surface area contributed by atoms with E-state index in [-0.39, 0.29) is 24.0 Å². The lowest BCUT2D eigenvalue weighted by molar-refractivity contribution is 0.0674. The molecule has 21 heavy (non-hydrogen) atoms. The number of guanidine groups is 1. The van der Waals surface area contributed by atoms with Crippen molar-refractivity contribution in [2.45, 2.75) is 6.42 Å². The zero-order valence-corrected chi connectivity index (χ0v) is 14.0. The molecule has 0 aliphatic carbocycles. The van der Waals surface area contributed by atoms with Crippen LogP contribution in [-0.4, -0.2) is 58.3 Å². The molecule has 1 aliphatic rings. The molecule has 0 unspecified atom stereocenters. The van der Waals surface area contributed by atoms with Gasteiger partial charge in [0.25, 0.3) is 0 Å². The third-order valence-electron chi connectivity index (χ3n) is 3.33. The number of nitrogens with two attached hydrogens (primary N) is 1. The molecule has 8 heteroatoms. The number of morpholine rings is 1. The van der Waals surface area contributed by atoms with Crippen molar-refractivity contribution >= 4 is 35.6 Å². The van der Waals surface area contributed by atoms with E-state index in [4.69, 9.17) is 10.5 Å². The van der Waals surface area contributed by atoms with E-state index in [1.807, 2.05) is 33.7 Å². The third kappa shape index (κ3) is 3.82. The van der Waals surface area contributed by atoms with Crippen LogP contribution in [0.1, 0.15) is 5.82 Å².